The van der Waals surface area contributed by atoms with E-state index in [1.165, 1.54) is 20.3 Å². The van der Waals surface area contributed by atoms with Gasteiger partial charge in [0.15, 0.2) is 27.7 Å². The average Bonchev–Trinajstić information content (AvgIpc) is 2.50. The number of methoxy groups -OCH3 is 2. The van der Waals surface area contributed by atoms with Crippen molar-refractivity contribution in [3.63, 3.8) is 0 Å². The second kappa shape index (κ2) is 6.51. The topological polar surface area (TPSA) is 86.7 Å². The molecule has 0 amide bonds. The Morgan fingerprint density at radius 1 is 1.05 bits per heavy atom. The van der Waals surface area contributed by atoms with E-state index in [1.807, 2.05) is 0 Å². The van der Waals surface area contributed by atoms with Crippen LogP contribution in [-0.2, 0) is 19.3 Å². The zero-order chi connectivity index (χ0) is 16.3. The highest BCUT2D eigenvalue weighted by atomic mass is 32.2. The first kappa shape index (κ1) is 16.5. The van der Waals surface area contributed by atoms with Gasteiger partial charge in [-0.2, -0.15) is 0 Å². The summed E-state index contributed by atoms with van der Waals surface area (Å²) in [5, 5.41) is 0. The number of sulfone groups is 1. The number of carbonyl (C=O) groups excluding carboxylic acids is 2. The summed E-state index contributed by atoms with van der Waals surface area (Å²) >= 11 is 0. The van der Waals surface area contributed by atoms with Crippen LogP contribution < -0.4 is 0 Å². The largest absolute Gasteiger partial charge is 0.355 e. The van der Waals surface area contributed by atoms with Crippen molar-refractivity contribution < 1.29 is 27.5 Å². The van der Waals surface area contributed by atoms with Crippen LogP contribution in [0.4, 0.5) is 0 Å². The molecule has 0 atom stereocenters. The Hall–Kier alpha value is -1.83. The molecule has 0 saturated carbocycles. The number of hydrogen-bond donors (Lipinski definition) is 0. The lowest BCUT2D eigenvalue weighted by Crippen LogP contribution is -2.29. The number of benzene rings is 1. The van der Waals surface area contributed by atoms with Gasteiger partial charge in [0, 0.05) is 30.9 Å². The highest BCUT2D eigenvalue weighted by Gasteiger charge is 2.29. The minimum absolute atomic E-state index is 0.0327. The Balaban J connectivity index is 2.24. The van der Waals surface area contributed by atoms with Gasteiger partial charge in [-0.05, 0) is 6.08 Å². The van der Waals surface area contributed by atoms with Crippen LogP contribution >= 0.6 is 0 Å². The summed E-state index contributed by atoms with van der Waals surface area (Å²) in [7, 11) is -0.999. The number of allylic oxidation sites excluding steroid dienone is 1. The molecule has 0 unspecified atom stereocenters. The van der Waals surface area contributed by atoms with Crippen LogP contribution in [0.2, 0.25) is 0 Å². The molecule has 1 aliphatic rings. The highest BCUT2D eigenvalue weighted by Crippen LogP contribution is 2.22. The molecular weight excluding hydrogens is 308 g/mol. The molecule has 1 aromatic rings. The van der Waals surface area contributed by atoms with Crippen molar-refractivity contribution in [2.24, 2.45) is 0 Å². The Bertz CT molecular complexity index is 728. The van der Waals surface area contributed by atoms with E-state index in [0.717, 1.165) is 6.08 Å². The van der Waals surface area contributed by atoms with Gasteiger partial charge in [-0.3, -0.25) is 9.59 Å². The number of hydrogen-bond acceptors (Lipinski definition) is 6. The summed E-state index contributed by atoms with van der Waals surface area (Å²) in [6, 6.07) is 6.35. The van der Waals surface area contributed by atoms with E-state index in [1.54, 1.807) is 18.2 Å². The zero-order valence-corrected chi connectivity index (χ0v) is 13.1. The first-order valence-electron chi connectivity index (χ1n) is 6.52. The molecule has 0 aliphatic heterocycles. The first-order valence-corrected chi connectivity index (χ1v) is 8.34. The molecule has 1 aliphatic carbocycles. The fourth-order valence-corrected chi connectivity index (χ4v) is 3.71. The summed E-state index contributed by atoms with van der Waals surface area (Å²) in [6.45, 7) is 0. The smallest absolute Gasteiger partial charge is 0.190 e. The molecule has 0 spiro atoms. The molecule has 118 valence electrons. The second-order valence-electron chi connectivity index (χ2n) is 4.86. The Morgan fingerprint density at radius 3 is 2.23 bits per heavy atom. The molecule has 2 rings (SSSR count). The maximum atomic E-state index is 12.3. The third kappa shape index (κ3) is 3.49. The monoisotopic (exact) mass is 324 g/mol. The predicted octanol–water partition coefficient (Wildman–Crippen LogP) is 1.03. The van der Waals surface area contributed by atoms with E-state index >= 15 is 0 Å². The number of ketones is 2. The summed E-state index contributed by atoms with van der Waals surface area (Å²) in [5.41, 5.74) is 0.491. The fraction of sp³-hybridized carbons (Fsp3) is 0.333. The molecule has 0 heterocycles. The molecule has 7 heteroatoms. The van der Waals surface area contributed by atoms with Gasteiger partial charge in [-0.25, -0.2) is 8.42 Å². The average molecular weight is 324 g/mol. The fourth-order valence-electron chi connectivity index (χ4n) is 2.21. The molecule has 1 aromatic carbocycles. The lowest BCUT2D eigenvalue weighted by Gasteiger charge is -2.17. The molecule has 0 bridgehead atoms. The van der Waals surface area contributed by atoms with E-state index < -0.39 is 27.7 Å². The Morgan fingerprint density at radius 2 is 1.64 bits per heavy atom. The molecule has 0 aromatic heterocycles. The van der Waals surface area contributed by atoms with E-state index in [2.05, 4.69) is 0 Å². The van der Waals surface area contributed by atoms with Gasteiger partial charge in [0.25, 0.3) is 0 Å². The molecule has 6 nitrogen and oxygen atoms in total. The molecule has 22 heavy (non-hydrogen) atoms. The minimum Gasteiger partial charge on any atom is -0.355 e. The lowest BCUT2D eigenvalue weighted by molar-refractivity contribution is -0.0851. The number of fused-ring (bicyclic) bond motifs is 1. The summed E-state index contributed by atoms with van der Waals surface area (Å²) in [5.74, 6) is -1.71. The maximum absolute atomic E-state index is 12.3. The minimum atomic E-state index is -3.65. The van der Waals surface area contributed by atoms with Crippen molar-refractivity contribution in [3.8, 4) is 0 Å². The standard InChI is InChI=1S/C15H16O6S/c1-20-14(21-2)9-22(18,19)8-10-7-13(16)11-5-3-4-6-12(11)15(10)17/h3-7,14H,8-9H2,1-2H3. The van der Waals surface area contributed by atoms with Crippen LogP contribution in [0.1, 0.15) is 20.7 Å². The van der Waals surface area contributed by atoms with Crippen molar-refractivity contribution in [2.75, 3.05) is 25.7 Å². The van der Waals surface area contributed by atoms with Crippen LogP contribution in [0.15, 0.2) is 35.9 Å². The van der Waals surface area contributed by atoms with Crippen molar-refractivity contribution >= 4 is 21.4 Å². The SMILES string of the molecule is COC(CS(=O)(=O)CC1=CC(=O)c2ccccc2C1=O)OC. The lowest BCUT2D eigenvalue weighted by atomic mass is 9.90. The molecule has 0 fully saturated rings. The number of carbonyl (C=O) groups is 2. The van der Waals surface area contributed by atoms with Crippen LogP contribution in [-0.4, -0.2) is 52.0 Å². The van der Waals surface area contributed by atoms with E-state index in [-0.39, 0.29) is 22.7 Å². The number of Topliss-reactive ketones (excluding diaryl/α,β-unsaturated/α-hetero) is 1. The Labute approximate surface area is 128 Å². The summed E-state index contributed by atoms with van der Waals surface area (Å²) in [6.07, 6.45) is 0.184. The van der Waals surface area contributed by atoms with Gasteiger partial charge in [0.1, 0.15) is 5.75 Å². The molecule has 0 radical (unpaired) electrons. The second-order valence-corrected chi connectivity index (χ2v) is 6.97. The van der Waals surface area contributed by atoms with Crippen molar-refractivity contribution in [1.82, 2.24) is 0 Å². The van der Waals surface area contributed by atoms with Gasteiger partial charge in [-0.1, -0.05) is 24.3 Å². The Kier molecular flexibility index (Phi) is 4.90. The van der Waals surface area contributed by atoms with Gasteiger partial charge in [-0.15, -0.1) is 0 Å². The third-order valence-electron chi connectivity index (χ3n) is 3.33. The molecular formula is C15H16O6S. The van der Waals surface area contributed by atoms with Crippen molar-refractivity contribution in [3.05, 3.63) is 47.0 Å². The van der Waals surface area contributed by atoms with Gasteiger partial charge >= 0.3 is 0 Å². The van der Waals surface area contributed by atoms with E-state index in [0.29, 0.717) is 5.56 Å². The number of rotatable bonds is 6. The van der Waals surface area contributed by atoms with E-state index in [4.69, 9.17) is 9.47 Å². The van der Waals surface area contributed by atoms with Crippen LogP contribution in [0.3, 0.4) is 0 Å². The van der Waals surface area contributed by atoms with Gasteiger partial charge < -0.3 is 9.47 Å². The molecule has 0 N–H and O–H groups in total. The number of ether oxygens (including phenoxy) is 2. The van der Waals surface area contributed by atoms with Gasteiger partial charge in [0.2, 0.25) is 0 Å². The van der Waals surface area contributed by atoms with Crippen LogP contribution in [0.25, 0.3) is 0 Å². The molecule has 0 saturated heterocycles. The third-order valence-corrected chi connectivity index (χ3v) is 4.86. The van der Waals surface area contributed by atoms with E-state index in [9.17, 15) is 18.0 Å². The van der Waals surface area contributed by atoms with Gasteiger partial charge in [0.05, 0.1) is 5.75 Å². The zero-order valence-electron chi connectivity index (χ0n) is 12.2. The normalized spacial score (nSPS) is 15.0. The summed E-state index contributed by atoms with van der Waals surface area (Å²) < 4.78 is 34.0. The maximum Gasteiger partial charge on any atom is 0.190 e. The predicted molar refractivity (Wildman–Crippen MR) is 79.6 cm³/mol. The van der Waals surface area contributed by atoms with Crippen molar-refractivity contribution in [2.45, 2.75) is 6.29 Å². The van der Waals surface area contributed by atoms with Crippen LogP contribution in [0.5, 0.6) is 0 Å². The quantitative estimate of drug-likeness (QED) is 0.726. The highest BCUT2D eigenvalue weighted by molar-refractivity contribution is 7.91. The van der Waals surface area contributed by atoms with Crippen LogP contribution in [0, 0.1) is 0 Å². The first-order chi connectivity index (χ1) is 10.4. The summed E-state index contributed by atoms with van der Waals surface area (Å²) in [4.78, 5) is 24.3. The van der Waals surface area contributed by atoms with Crippen molar-refractivity contribution in [1.29, 1.82) is 0 Å².